The van der Waals surface area contributed by atoms with Crippen molar-refractivity contribution in [3.05, 3.63) is 35.1 Å². The molecule has 0 saturated heterocycles. The summed E-state index contributed by atoms with van der Waals surface area (Å²) in [7, 11) is 0. The van der Waals surface area contributed by atoms with Gasteiger partial charge in [-0.05, 0) is 30.5 Å². The van der Waals surface area contributed by atoms with E-state index in [1.165, 1.54) is 18.2 Å². The topological polar surface area (TPSA) is 49.3 Å². The first-order valence-corrected chi connectivity index (χ1v) is 7.19. The van der Waals surface area contributed by atoms with Crippen molar-refractivity contribution in [3.63, 3.8) is 0 Å². The monoisotopic (exact) mass is 291 g/mol. The van der Waals surface area contributed by atoms with Gasteiger partial charge in [0.05, 0.1) is 12.2 Å². The van der Waals surface area contributed by atoms with Crippen molar-refractivity contribution in [1.29, 1.82) is 0 Å². The van der Waals surface area contributed by atoms with Crippen molar-refractivity contribution in [3.8, 4) is 11.8 Å². The first kappa shape index (κ1) is 17.2. The van der Waals surface area contributed by atoms with Crippen LogP contribution in [-0.2, 0) is 0 Å². The van der Waals surface area contributed by atoms with Crippen LogP contribution >= 0.6 is 0 Å². The molecule has 0 spiro atoms. The Morgan fingerprint density at radius 1 is 1.43 bits per heavy atom. The largest absolute Gasteiger partial charge is 0.395 e. The van der Waals surface area contributed by atoms with Crippen LogP contribution in [0.3, 0.4) is 0 Å². The first-order chi connectivity index (χ1) is 9.99. The lowest BCUT2D eigenvalue weighted by atomic mass is 10.0. The molecule has 1 unspecified atom stereocenters. The minimum Gasteiger partial charge on any atom is -0.395 e. The van der Waals surface area contributed by atoms with Gasteiger partial charge in [-0.2, -0.15) is 0 Å². The molecule has 1 rings (SSSR count). The third kappa shape index (κ3) is 5.20. The molecular formula is C17H22FNO2. The van der Waals surface area contributed by atoms with Gasteiger partial charge in [0.2, 0.25) is 0 Å². The molecule has 2 N–H and O–H groups in total. The van der Waals surface area contributed by atoms with Gasteiger partial charge in [0, 0.05) is 18.0 Å². The fraction of sp³-hybridized carbons (Fsp3) is 0.471. The maximum absolute atomic E-state index is 13.4. The Morgan fingerprint density at radius 3 is 2.71 bits per heavy atom. The van der Waals surface area contributed by atoms with E-state index < -0.39 is 5.82 Å². The molecule has 0 fully saturated rings. The van der Waals surface area contributed by atoms with Crippen molar-refractivity contribution in [2.45, 2.75) is 39.7 Å². The van der Waals surface area contributed by atoms with E-state index >= 15 is 0 Å². The number of rotatable bonds is 5. The number of nitrogens with one attached hydrogen (secondary N) is 1. The lowest BCUT2D eigenvalue weighted by Crippen LogP contribution is -2.38. The Balaban J connectivity index is 3.02. The summed E-state index contributed by atoms with van der Waals surface area (Å²) in [6.45, 7) is 6.02. The normalized spacial score (nSPS) is 11.7. The van der Waals surface area contributed by atoms with E-state index in [1.54, 1.807) is 0 Å². The van der Waals surface area contributed by atoms with E-state index in [2.05, 4.69) is 17.2 Å². The minimum absolute atomic E-state index is 0.0407. The summed E-state index contributed by atoms with van der Waals surface area (Å²) in [4.78, 5) is 12.3. The predicted molar refractivity (Wildman–Crippen MR) is 81.4 cm³/mol. The lowest BCUT2D eigenvalue weighted by Gasteiger charge is -2.21. The summed E-state index contributed by atoms with van der Waals surface area (Å²) in [6.07, 6.45) is 1.13. The van der Waals surface area contributed by atoms with Crippen LogP contribution in [0.15, 0.2) is 18.2 Å². The SMILES string of the molecule is CCC(NC(=O)c1cc(F)ccc1C#CCCO)C(C)C. The fourth-order valence-electron chi connectivity index (χ4n) is 2.01. The van der Waals surface area contributed by atoms with Gasteiger partial charge in [0.1, 0.15) is 5.82 Å². The highest BCUT2D eigenvalue weighted by Crippen LogP contribution is 2.13. The molecule has 0 aliphatic carbocycles. The Morgan fingerprint density at radius 2 is 2.14 bits per heavy atom. The van der Waals surface area contributed by atoms with Crippen molar-refractivity contribution < 1.29 is 14.3 Å². The second-order valence-electron chi connectivity index (χ2n) is 5.20. The highest BCUT2D eigenvalue weighted by atomic mass is 19.1. The van der Waals surface area contributed by atoms with Gasteiger partial charge in [-0.15, -0.1) is 0 Å². The molecule has 0 aliphatic heterocycles. The van der Waals surface area contributed by atoms with Gasteiger partial charge >= 0.3 is 0 Å². The molecule has 0 heterocycles. The molecule has 0 aromatic heterocycles. The summed E-state index contributed by atoms with van der Waals surface area (Å²) < 4.78 is 13.4. The molecular weight excluding hydrogens is 269 g/mol. The summed E-state index contributed by atoms with van der Waals surface area (Å²) in [5.74, 6) is 5.08. The third-order valence-corrected chi connectivity index (χ3v) is 3.25. The van der Waals surface area contributed by atoms with Gasteiger partial charge in [0.25, 0.3) is 5.91 Å². The molecule has 1 aromatic rings. The standard InChI is InChI=1S/C17H22FNO2/c1-4-16(12(2)3)19-17(21)15-11-14(18)9-8-13(15)7-5-6-10-20/h8-9,11-12,16,20H,4,6,10H2,1-3H3,(H,19,21). The van der Waals surface area contributed by atoms with E-state index in [-0.39, 0.29) is 24.1 Å². The maximum Gasteiger partial charge on any atom is 0.252 e. The molecule has 4 heteroatoms. The van der Waals surface area contributed by atoms with Crippen molar-refractivity contribution in [2.75, 3.05) is 6.61 Å². The maximum atomic E-state index is 13.4. The molecule has 21 heavy (non-hydrogen) atoms. The molecule has 3 nitrogen and oxygen atoms in total. The Bertz CT molecular complexity index is 543. The molecule has 1 atom stereocenters. The average molecular weight is 291 g/mol. The molecule has 1 aromatic carbocycles. The van der Waals surface area contributed by atoms with Crippen LogP contribution in [0.2, 0.25) is 0 Å². The Kier molecular flexibility index (Phi) is 6.90. The van der Waals surface area contributed by atoms with E-state index in [0.717, 1.165) is 6.42 Å². The smallest absolute Gasteiger partial charge is 0.252 e. The zero-order valence-corrected chi connectivity index (χ0v) is 12.7. The first-order valence-electron chi connectivity index (χ1n) is 7.19. The van der Waals surface area contributed by atoms with E-state index in [4.69, 9.17) is 5.11 Å². The van der Waals surface area contributed by atoms with Crippen LogP contribution < -0.4 is 5.32 Å². The number of hydrogen-bond acceptors (Lipinski definition) is 2. The van der Waals surface area contributed by atoms with E-state index in [1.807, 2.05) is 20.8 Å². The number of carbonyl (C=O) groups is 1. The molecule has 1 amide bonds. The van der Waals surface area contributed by atoms with Crippen LogP contribution in [0, 0.1) is 23.6 Å². The molecule has 0 aliphatic rings. The van der Waals surface area contributed by atoms with Crippen LogP contribution in [0.4, 0.5) is 4.39 Å². The van der Waals surface area contributed by atoms with Gasteiger partial charge in [-0.1, -0.05) is 32.6 Å². The fourth-order valence-corrected chi connectivity index (χ4v) is 2.01. The number of aliphatic hydroxyl groups is 1. The molecule has 114 valence electrons. The van der Waals surface area contributed by atoms with Crippen LogP contribution in [0.1, 0.15) is 49.5 Å². The second kappa shape index (κ2) is 8.43. The number of aliphatic hydroxyl groups excluding tert-OH is 1. The van der Waals surface area contributed by atoms with Crippen molar-refractivity contribution >= 4 is 5.91 Å². The highest BCUT2D eigenvalue weighted by molar-refractivity contribution is 5.97. The van der Waals surface area contributed by atoms with Gasteiger partial charge < -0.3 is 10.4 Å². The molecule has 0 radical (unpaired) electrons. The number of halogens is 1. The van der Waals surface area contributed by atoms with E-state index in [0.29, 0.717) is 17.9 Å². The average Bonchev–Trinajstić information content (AvgIpc) is 2.45. The Hall–Kier alpha value is -1.86. The van der Waals surface area contributed by atoms with Gasteiger partial charge in [-0.25, -0.2) is 4.39 Å². The number of carbonyl (C=O) groups excluding carboxylic acids is 1. The van der Waals surface area contributed by atoms with Crippen molar-refractivity contribution in [1.82, 2.24) is 5.32 Å². The zero-order chi connectivity index (χ0) is 15.8. The quantitative estimate of drug-likeness (QED) is 0.820. The molecule has 0 bridgehead atoms. The highest BCUT2D eigenvalue weighted by Gasteiger charge is 2.17. The van der Waals surface area contributed by atoms with Crippen LogP contribution in [0.25, 0.3) is 0 Å². The van der Waals surface area contributed by atoms with Crippen molar-refractivity contribution in [2.24, 2.45) is 5.92 Å². The van der Waals surface area contributed by atoms with Crippen LogP contribution in [0.5, 0.6) is 0 Å². The lowest BCUT2D eigenvalue weighted by molar-refractivity contribution is 0.0924. The third-order valence-electron chi connectivity index (χ3n) is 3.25. The number of amides is 1. The summed E-state index contributed by atoms with van der Waals surface area (Å²) in [5.41, 5.74) is 0.709. The summed E-state index contributed by atoms with van der Waals surface area (Å²) >= 11 is 0. The van der Waals surface area contributed by atoms with Gasteiger partial charge in [-0.3, -0.25) is 4.79 Å². The Labute approximate surface area is 125 Å². The predicted octanol–water partition coefficient (Wildman–Crippen LogP) is 2.72. The molecule has 0 saturated carbocycles. The zero-order valence-electron chi connectivity index (χ0n) is 12.7. The summed E-state index contributed by atoms with van der Waals surface area (Å²) in [6, 6.07) is 4.01. The minimum atomic E-state index is -0.467. The van der Waals surface area contributed by atoms with E-state index in [9.17, 15) is 9.18 Å². The number of hydrogen-bond donors (Lipinski definition) is 2. The summed E-state index contributed by atoms with van der Waals surface area (Å²) in [5, 5.41) is 11.7. The van der Waals surface area contributed by atoms with Crippen LogP contribution in [-0.4, -0.2) is 23.7 Å². The second-order valence-corrected chi connectivity index (χ2v) is 5.20. The van der Waals surface area contributed by atoms with Gasteiger partial charge in [0.15, 0.2) is 0 Å². The number of benzene rings is 1.